The number of amides is 1. The average Bonchev–Trinajstić information content (AvgIpc) is 2.57. The van der Waals surface area contributed by atoms with E-state index in [0.29, 0.717) is 6.54 Å². The second-order valence-electron chi connectivity index (χ2n) is 2.67. The van der Waals surface area contributed by atoms with Crippen LogP contribution in [-0.2, 0) is 11.3 Å². The van der Waals surface area contributed by atoms with Crippen molar-refractivity contribution in [3.05, 3.63) is 28.7 Å². The Morgan fingerprint density at radius 1 is 1.77 bits per heavy atom. The van der Waals surface area contributed by atoms with E-state index in [2.05, 4.69) is 4.98 Å². The lowest BCUT2D eigenvalue weighted by atomic mass is 10.4. The highest BCUT2D eigenvalue weighted by atomic mass is 32.1. The molecule has 0 fully saturated rings. The summed E-state index contributed by atoms with van der Waals surface area (Å²) in [7, 11) is 1.77. The molecular formula is C9H12N2OS. The molecule has 70 valence electrons. The van der Waals surface area contributed by atoms with Gasteiger partial charge in [0.05, 0.1) is 17.7 Å². The van der Waals surface area contributed by atoms with Crippen LogP contribution in [0.4, 0.5) is 0 Å². The maximum absolute atomic E-state index is 11.3. The Morgan fingerprint density at radius 3 is 3.08 bits per heavy atom. The lowest BCUT2D eigenvalue weighted by molar-refractivity contribution is -0.125. The predicted octanol–water partition coefficient (Wildman–Crippen LogP) is 1.68. The standard InChI is InChI=1S/C9H12N2OS/c1-3-4-9(12)11(2)5-8-6-13-7-10-8/h3-4,6-7H,5H2,1-2H3. The minimum atomic E-state index is 0.00972. The number of carbonyl (C=O) groups excluding carboxylic acids is 1. The fraction of sp³-hybridized carbons (Fsp3) is 0.333. The van der Waals surface area contributed by atoms with Gasteiger partial charge >= 0.3 is 0 Å². The molecule has 3 nitrogen and oxygen atoms in total. The molecule has 4 heteroatoms. The van der Waals surface area contributed by atoms with Crippen LogP contribution in [-0.4, -0.2) is 22.8 Å². The smallest absolute Gasteiger partial charge is 0.246 e. The van der Waals surface area contributed by atoms with Gasteiger partial charge in [-0.25, -0.2) is 4.98 Å². The first-order valence-corrected chi connectivity index (χ1v) is 4.93. The van der Waals surface area contributed by atoms with Gasteiger partial charge in [-0.2, -0.15) is 0 Å². The summed E-state index contributed by atoms with van der Waals surface area (Å²) in [4.78, 5) is 17.0. The molecule has 0 aliphatic carbocycles. The molecule has 0 saturated carbocycles. The minimum absolute atomic E-state index is 0.00972. The molecule has 1 rings (SSSR count). The van der Waals surface area contributed by atoms with Crippen LogP contribution in [0.2, 0.25) is 0 Å². The summed E-state index contributed by atoms with van der Waals surface area (Å²) in [6.45, 7) is 2.40. The van der Waals surface area contributed by atoms with Crippen molar-refractivity contribution >= 4 is 17.2 Å². The number of allylic oxidation sites excluding steroid dienone is 1. The van der Waals surface area contributed by atoms with E-state index < -0.39 is 0 Å². The first kappa shape index (κ1) is 9.92. The fourth-order valence-corrected chi connectivity index (χ4v) is 1.46. The minimum Gasteiger partial charge on any atom is -0.336 e. The first-order chi connectivity index (χ1) is 6.24. The van der Waals surface area contributed by atoms with Crippen molar-refractivity contribution in [2.24, 2.45) is 0 Å². The van der Waals surface area contributed by atoms with Crippen LogP contribution < -0.4 is 0 Å². The molecule has 0 bridgehead atoms. The lowest BCUT2D eigenvalue weighted by Gasteiger charge is -2.12. The molecule has 0 spiro atoms. The van der Waals surface area contributed by atoms with Gasteiger partial charge < -0.3 is 4.90 Å². The third kappa shape index (κ3) is 2.99. The molecule has 13 heavy (non-hydrogen) atoms. The third-order valence-corrected chi connectivity index (χ3v) is 2.20. The van der Waals surface area contributed by atoms with Crippen molar-refractivity contribution in [3.63, 3.8) is 0 Å². The van der Waals surface area contributed by atoms with Gasteiger partial charge in [0.15, 0.2) is 0 Å². The third-order valence-electron chi connectivity index (χ3n) is 1.57. The number of rotatable bonds is 3. The highest BCUT2D eigenvalue weighted by molar-refractivity contribution is 7.07. The maximum Gasteiger partial charge on any atom is 0.246 e. The van der Waals surface area contributed by atoms with E-state index in [1.54, 1.807) is 29.6 Å². The van der Waals surface area contributed by atoms with E-state index in [-0.39, 0.29) is 5.91 Å². The van der Waals surface area contributed by atoms with E-state index in [4.69, 9.17) is 0 Å². The molecule has 0 unspecified atom stereocenters. The predicted molar refractivity (Wildman–Crippen MR) is 53.4 cm³/mol. The van der Waals surface area contributed by atoms with Crippen LogP contribution in [0.1, 0.15) is 12.6 Å². The molecule has 1 aromatic rings. The second-order valence-corrected chi connectivity index (χ2v) is 3.39. The molecular weight excluding hydrogens is 184 g/mol. The molecule has 0 aliphatic rings. The Labute approximate surface area is 81.7 Å². The quantitative estimate of drug-likeness (QED) is 0.689. The van der Waals surface area contributed by atoms with Gasteiger partial charge in [0.2, 0.25) is 5.91 Å². The number of hydrogen-bond acceptors (Lipinski definition) is 3. The SMILES string of the molecule is CC=CC(=O)N(C)Cc1cscn1. The summed E-state index contributed by atoms with van der Waals surface area (Å²) in [5, 5.41) is 1.94. The van der Waals surface area contributed by atoms with Gasteiger partial charge in [-0.15, -0.1) is 11.3 Å². The molecule has 0 aromatic carbocycles. The lowest BCUT2D eigenvalue weighted by Crippen LogP contribution is -2.24. The normalized spacial score (nSPS) is 10.6. The van der Waals surface area contributed by atoms with Gasteiger partial charge in [-0.05, 0) is 13.0 Å². The van der Waals surface area contributed by atoms with Crippen molar-refractivity contribution in [1.29, 1.82) is 0 Å². The number of nitrogens with zero attached hydrogens (tertiary/aromatic N) is 2. The van der Waals surface area contributed by atoms with Crippen molar-refractivity contribution in [1.82, 2.24) is 9.88 Å². The molecule has 1 heterocycles. The van der Waals surface area contributed by atoms with Gasteiger partial charge in [-0.3, -0.25) is 4.79 Å². The zero-order valence-electron chi connectivity index (χ0n) is 7.73. The number of hydrogen-bond donors (Lipinski definition) is 0. The van der Waals surface area contributed by atoms with Crippen LogP contribution >= 0.6 is 11.3 Å². The van der Waals surface area contributed by atoms with E-state index in [0.717, 1.165) is 5.69 Å². The largest absolute Gasteiger partial charge is 0.336 e. The monoisotopic (exact) mass is 196 g/mol. The van der Waals surface area contributed by atoms with Gasteiger partial charge in [0, 0.05) is 12.4 Å². The van der Waals surface area contributed by atoms with Crippen molar-refractivity contribution in [2.45, 2.75) is 13.5 Å². The Bertz CT molecular complexity index is 293. The number of aromatic nitrogens is 1. The Morgan fingerprint density at radius 2 is 2.54 bits per heavy atom. The Hall–Kier alpha value is -1.16. The molecule has 0 atom stereocenters. The molecule has 1 amide bonds. The summed E-state index contributed by atoms with van der Waals surface area (Å²) in [6.07, 6.45) is 3.28. The summed E-state index contributed by atoms with van der Waals surface area (Å²) in [5.74, 6) is 0.00972. The molecule has 1 aromatic heterocycles. The van der Waals surface area contributed by atoms with Crippen molar-refractivity contribution < 1.29 is 4.79 Å². The van der Waals surface area contributed by atoms with Crippen LogP contribution in [0.15, 0.2) is 23.0 Å². The number of thiazole rings is 1. The highest BCUT2D eigenvalue weighted by Gasteiger charge is 2.05. The summed E-state index contributed by atoms with van der Waals surface area (Å²) in [5.41, 5.74) is 2.70. The second kappa shape index (κ2) is 4.77. The average molecular weight is 196 g/mol. The highest BCUT2D eigenvalue weighted by Crippen LogP contribution is 2.04. The van der Waals surface area contributed by atoms with Crippen molar-refractivity contribution in [2.75, 3.05) is 7.05 Å². The van der Waals surface area contributed by atoms with E-state index >= 15 is 0 Å². The number of carbonyl (C=O) groups is 1. The van der Waals surface area contributed by atoms with Gasteiger partial charge in [0.25, 0.3) is 0 Å². The summed E-state index contributed by atoms with van der Waals surface area (Å²) >= 11 is 1.54. The van der Waals surface area contributed by atoms with E-state index in [1.165, 1.54) is 11.3 Å². The van der Waals surface area contributed by atoms with E-state index in [9.17, 15) is 4.79 Å². The zero-order chi connectivity index (χ0) is 9.68. The first-order valence-electron chi connectivity index (χ1n) is 3.99. The topological polar surface area (TPSA) is 33.2 Å². The Kier molecular flexibility index (Phi) is 3.64. The molecule has 0 saturated heterocycles. The van der Waals surface area contributed by atoms with Crippen LogP contribution in [0.25, 0.3) is 0 Å². The molecule has 0 aliphatic heterocycles. The molecule has 0 N–H and O–H groups in total. The number of likely N-dealkylation sites (N-methyl/N-ethyl adjacent to an activating group) is 1. The Balaban J connectivity index is 2.50. The van der Waals surface area contributed by atoms with Crippen LogP contribution in [0.3, 0.4) is 0 Å². The van der Waals surface area contributed by atoms with Gasteiger partial charge in [0.1, 0.15) is 0 Å². The van der Waals surface area contributed by atoms with Gasteiger partial charge in [-0.1, -0.05) is 6.08 Å². The van der Waals surface area contributed by atoms with Crippen molar-refractivity contribution in [3.8, 4) is 0 Å². The fourth-order valence-electron chi connectivity index (χ4n) is 0.906. The summed E-state index contributed by atoms with van der Waals surface area (Å²) in [6, 6.07) is 0. The van der Waals surface area contributed by atoms with Crippen LogP contribution in [0, 0.1) is 0 Å². The molecule has 0 radical (unpaired) electrons. The maximum atomic E-state index is 11.3. The summed E-state index contributed by atoms with van der Waals surface area (Å²) < 4.78 is 0. The van der Waals surface area contributed by atoms with Crippen LogP contribution in [0.5, 0.6) is 0 Å². The van der Waals surface area contributed by atoms with E-state index in [1.807, 2.05) is 12.3 Å². The zero-order valence-corrected chi connectivity index (χ0v) is 8.54.